The highest BCUT2D eigenvalue weighted by Crippen LogP contribution is 3.02. The average molecular weight is 640 g/mol. The molecule has 0 atom stereocenters. The Balaban J connectivity index is 1.42. The van der Waals surface area contributed by atoms with E-state index in [4.69, 9.17) is 4.74 Å². The molecule has 0 spiro atoms. The highest BCUT2D eigenvalue weighted by Gasteiger charge is 2.65. The van der Waals surface area contributed by atoms with E-state index in [2.05, 4.69) is 20.7 Å². The van der Waals surface area contributed by atoms with Crippen molar-refractivity contribution in [1.29, 1.82) is 0 Å². The van der Waals surface area contributed by atoms with Crippen molar-refractivity contribution in [3.63, 3.8) is 0 Å². The lowest BCUT2D eigenvalue weighted by Crippen LogP contribution is -2.47. The van der Waals surface area contributed by atoms with Crippen LogP contribution in [-0.2, 0) is 24.2 Å². The molecule has 0 radical (unpaired) electrons. The van der Waals surface area contributed by atoms with E-state index in [1.54, 1.807) is 10.6 Å². The van der Waals surface area contributed by atoms with Gasteiger partial charge >= 0.3 is 10.2 Å². The van der Waals surface area contributed by atoms with Crippen LogP contribution in [0.1, 0.15) is 23.7 Å². The monoisotopic (exact) mass is 639 g/mol. The van der Waals surface area contributed by atoms with Gasteiger partial charge in [0, 0.05) is 43.9 Å². The Morgan fingerprint density at radius 3 is 2.52 bits per heavy atom. The van der Waals surface area contributed by atoms with Crippen molar-refractivity contribution < 1.29 is 29.0 Å². The summed E-state index contributed by atoms with van der Waals surface area (Å²) in [7, 11) is -9.89. The van der Waals surface area contributed by atoms with Gasteiger partial charge in [0.2, 0.25) is 11.7 Å². The first-order valence-electron chi connectivity index (χ1n) is 14.0. The number of piperazine rings is 1. The molecular weight excluding hydrogens is 609 g/mol. The molecule has 6 rings (SSSR count). The Kier molecular flexibility index (Phi) is 6.73. The average Bonchev–Trinajstić information content (AvgIpc) is 3.62. The molecule has 1 fully saturated rings. The van der Waals surface area contributed by atoms with Crippen molar-refractivity contribution in [3.8, 4) is 17.1 Å². The third kappa shape index (κ3) is 5.58. The molecule has 236 valence electrons. The van der Waals surface area contributed by atoms with Gasteiger partial charge in [0.15, 0.2) is 5.82 Å². The number of hydrogen-bond acceptors (Lipinski definition) is 7. The van der Waals surface area contributed by atoms with Crippen molar-refractivity contribution in [1.82, 2.24) is 24.5 Å². The fourth-order valence-corrected chi connectivity index (χ4v) is 6.34. The number of nitrogens with one attached hydrogen (secondary N) is 2. The van der Waals surface area contributed by atoms with Crippen molar-refractivity contribution in [2.45, 2.75) is 38.1 Å². The van der Waals surface area contributed by atoms with Crippen LogP contribution in [0, 0.1) is 6.92 Å². The summed E-state index contributed by atoms with van der Waals surface area (Å²) in [6, 6.07) is 6.89. The van der Waals surface area contributed by atoms with E-state index in [0.717, 1.165) is 28.3 Å². The molecule has 10 nitrogen and oxygen atoms in total. The van der Waals surface area contributed by atoms with E-state index in [-0.39, 0.29) is 41.0 Å². The lowest BCUT2D eigenvalue weighted by atomic mass is 10.1. The summed E-state index contributed by atoms with van der Waals surface area (Å²) >= 11 is 0. The Morgan fingerprint density at radius 1 is 1.09 bits per heavy atom. The number of benzene rings is 2. The van der Waals surface area contributed by atoms with Crippen LogP contribution in [0.4, 0.5) is 30.8 Å². The number of rotatable bonds is 7. The molecule has 0 saturated carbocycles. The first kappa shape index (κ1) is 29.9. The normalized spacial score (nSPS) is 16.8. The fraction of sp³-hybridized carbons (Fsp3) is 0.357. The van der Waals surface area contributed by atoms with Crippen LogP contribution in [0.3, 0.4) is 0 Å². The van der Waals surface area contributed by atoms with Gasteiger partial charge in [-0.2, -0.15) is 9.50 Å². The lowest BCUT2D eigenvalue weighted by molar-refractivity contribution is -0.116. The number of amides is 1. The number of hydrogen-bond donors (Lipinski definition) is 2. The minimum Gasteiger partial charge on any atom is -0.493 e. The molecule has 0 aliphatic carbocycles. The second kappa shape index (κ2) is 9.92. The van der Waals surface area contributed by atoms with E-state index in [0.29, 0.717) is 62.2 Å². The van der Waals surface area contributed by atoms with E-state index < -0.39 is 21.0 Å². The minimum absolute atomic E-state index is 0.0550. The van der Waals surface area contributed by atoms with E-state index in [9.17, 15) is 29.0 Å². The second-order valence-corrected chi connectivity index (χ2v) is 13.2. The maximum atomic E-state index is 13.9. The zero-order valence-corrected chi connectivity index (χ0v) is 24.7. The summed E-state index contributed by atoms with van der Waals surface area (Å²) in [5.41, 5.74) is 1.93. The van der Waals surface area contributed by atoms with Crippen molar-refractivity contribution in [3.05, 3.63) is 63.6 Å². The zero-order chi connectivity index (χ0) is 31.5. The van der Waals surface area contributed by atoms with Crippen LogP contribution in [0.25, 0.3) is 17.2 Å². The standard InChI is InChI=1S/C28H30F5N7O3S/c1-3-22-25(38-11-9-34-10-12-38)27(42)40-28(36-26(37-40)19-4-7-23-18(15-19)8-13-43-23)39(22)16-24(41)35-21-6-5-20(14-17(21)2)44(29,30,31,32)33/h4-7,14-15,34H,3,8-13,16H2,1-2H3,(H,35,41). The van der Waals surface area contributed by atoms with Gasteiger partial charge in [-0.15, -0.1) is 5.10 Å². The molecular formula is C28H30F5N7O3S. The summed E-state index contributed by atoms with van der Waals surface area (Å²) < 4.78 is 74.9. The van der Waals surface area contributed by atoms with Gasteiger partial charge in [-0.25, -0.2) is 0 Å². The molecule has 0 bridgehead atoms. The first-order chi connectivity index (χ1) is 20.6. The van der Waals surface area contributed by atoms with E-state index in [1.807, 2.05) is 24.0 Å². The number of aryl methyl sites for hydroxylation is 1. The van der Waals surface area contributed by atoms with Gasteiger partial charge < -0.3 is 24.8 Å². The van der Waals surface area contributed by atoms with Crippen LogP contribution >= 0.6 is 10.2 Å². The molecule has 2 N–H and O–H groups in total. The van der Waals surface area contributed by atoms with Crippen molar-refractivity contribution >= 4 is 33.3 Å². The van der Waals surface area contributed by atoms with Crippen LogP contribution in [0.5, 0.6) is 5.75 Å². The number of anilines is 2. The Bertz CT molecular complexity index is 1870. The van der Waals surface area contributed by atoms with Gasteiger partial charge in [0.25, 0.3) is 5.56 Å². The van der Waals surface area contributed by atoms with Gasteiger partial charge in [0.1, 0.15) is 22.9 Å². The number of halogens is 5. The Hall–Kier alpha value is -4.18. The lowest BCUT2D eigenvalue weighted by Gasteiger charge is -2.40. The van der Waals surface area contributed by atoms with E-state index in [1.165, 1.54) is 6.92 Å². The summed E-state index contributed by atoms with van der Waals surface area (Å²) in [6.45, 7) is 5.62. The maximum absolute atomic E-state index is 13.9. The smallest absolute Gasteiger partial charge is 0.310 e. The molecule has 16 heteroatoms. The van der Waals surface area contributed by atoms with Crippen molar-refractivity contribution in [2.75, 3.05) is 43.0 Å². The Labute approximate surface area is 248 Å². The molecule has 2 aromatic carbocycles. The van der Waals surface area contributed by atoms with Crippen LogP contribution in [-0.4, -0.2) is 57.9 Å². The summed E-state index contributed by atoms with van der Waals surface area (Å²) in [6.07, 6.45) is 1.08. The molecule has 0 unspecified atom stereocenters. The third-order valence-corrected chi connectivity index (χ3v) is 8.91. The van der Waals surface area contributed by atoms with Crippen LogP contribution in [0.15, 0.2) is 46.1 Å². The summed E-state index contributed by atoms with van der Waals surface area (Å²) in [5.74, 6) is 0.499. The number of ether oxygens (including phenoxy) is 1. The molecule has 1 saturated heterocycles. The summed E-state index contributed by atoms with van der Waals surface area (Å²) in [4.78, 5) is 31.8. The largest absolute Gasteiger partial charge is 0.493 e. The van der Waals surface area contributed by atoms with E-state index >= 15 is 0 Å². The highest BCUT2D eigenvalue weighted by molar-refractivity contribution is 8.45. The molecule has 1 amide bonds. The summed E-state index contributed by atoms with van der Waals surface area (Å²) in [5, 5.41) is 10.3. The predicted molar refractivity (Wildman–Crippen MR) is 158 cm³/mol. The Morgan fingerprint density at radius 2 is 1.84 bits per heavy atom. The van der Waals surface area contributed by atoms with Crippen LogP contribution in [0.2, 0.25) is 0 Å². The number of fused-ring (bicyclic) bond motifs is 2. The number of carbonyl (C=O) groups is 1. The minimum atomic E-state index is -9.89. The van der Waals surface area contributed by atoms with Gasteiger partial charge in [-0.3, -0.25) is 9.59 Å². The SMILES string of the molecule is CCc1c(N2CCNCC2)c(=O)n2nc(-c3ccc4c(c3)CCO4)nc2n1CC(=O)Nc1ccc(S(F)(F)(F)(F)F)cc1C. The molecule has 2 aliphatic heterocycles. The quantitative estimate of drug-likeness (QED) is 0.272. The fourth-order valence-electron chi connectivity index (χ4n) is 5.62. The molecule has 2 aromatic heterocycles. The highest BCUT2D eigenvalue weighted by atomic mass is 32.5. The second-order valence-electron chi connectivity index (χ2n) is 10.8. The molecule has 44 heavy (non-hydrogen) atoms. The number of aromatic nitrogens is 4. The third-order valence-electron chi connectivity index (χ3n) is 7.76. The predicted octanol–water partition coefficient (Wildman–Crippen LogP) is 5.07. The topological polar surface area (TPSA) is 106 Å². The van der Waals surface area contributed by atoms with Gasteiger partial charge in [-0.1, -0.05) is 26.4 Å². The first-order valence-corrected chi connectivity index (χ1v) is 16.0. The number of nitrogens with zero attached hydrogens (tertiary/aromatic N) is 5. The van der Waals surface area contributed by atoms with Gasteiger partial charge in [-0.05, 0) is 60.9 Å². The van der Waals surface area contributed by atoms with Crippen LogP contribution < -0.4 is 25.8 Å². The maximum Gasteiger partial charge on any atom is 0.310 e. The molecule has 4 aromatic rings. The molecule has 2 aliphatic rings. The van der Waals surface area contributed by atoms with Crippen molar-refractivity contribution in [2.24, 2.45) is 0 Å². The molecule has 4 heterocycles. The van der Waals surface area contributed by atoms with Gasteiger partial charge in [0.05, 0.1) is 12.3 Å². The number of carbonyl (C=O) groups excluding carboxylic acids is 1. The zero-order valence-electron chi connectivity index (χ0n) is 23.9.